The second-order valence-electron chi connectivity index (χ2n) is 4.48. The van der Waals surface area contributed by atoms with Gasteiger partial charge < -0.3 is 5.73 Å². The highest BCUT2D eigenvalue weighted by molar-refractivity contribution is 7.88. The molecule has 14 heavy (non-hydrogen) atoms. The summed E-state index contributed by atoms with van der Waals surface area (Å²) in [5, 5.41) is 0. The zero-order valence-corrected chi connectivity index (χ0v) is 10.5. The Morgan fingerprint density at radius 1 is 1.43 bits per heavy atom. The molecular weight excluding hydrogens is 224 g/mol. The minimum Gasteiger partial charge on any atom is -0.327 e. The Hall–Kier alpha value is 0.160. The van der Waals surface area contributed by atoms with Crippen LogP contribution in [0.5, 0.6) is 0 Å². The summed E-state index contributed by atoms with van der Waals surface area (Å²) in [7, 11) is -3.04. The van der Waals surface area contributed by atoms with Crippen LogP contribution in [0.3, 0.4) is 0 Å². The van der Waals surface area contributed by atoms with E-state index in [-0.39, 0.29) is 23.9 Å². The van der Waals surface area contributed by atoms with E-state index in [2.05, 4.69) is 0 Å². The Morgan fingerprint density at radius 3 is 2.29 bits per heavy atom. The lowest BCUT2D eigenvalue weighted by molar-refractivity contribution is 0.156. The standard InChI is InChI=1S/C8H18N2O2S.ClH/c1-8(2)6-10(13(3,11)12)5-4-7(8)9;/h7H,4-6,9H2,1-3H3;1H. The molecule has 1 aliphatic rings. The monoisotopic (exact) mass is 242 g/mol. The van der Waals surface area contributed by atoms with Gasteiger partial charge in [0, 0.05) is 19.1 Å². The maximum atomic E-state index is 11.3. The fraction of sp³-hybridized carbons (Fsp3) is 1.00. The van der Waals surface area contributed by atoms with Gasteiger partial charge >= 0.3 is 0 Å². The van der Waals surface area contributed by atoms with E-state index in [0.717, 1.165) is 6.42 Å². The molecule has 86 valence electrons. The zero-order valence-electron chi connectivity index (χ0n) is 8.86. The van der Waals surface area contributed by atoms with E-state index in [1.54, 1.807) is 0 Å². The predicted octanol–water partition coefficient (Wildman–Crippen LogP) is 0.427. The lowest BCUT2D eigenvalue weighted by Crippen LogP contribution is -2.53. The Bertz CT molecular complexity index is 290. The van der Waals surface area contributed by atoms with E-state index < -0.39 is 10.0 Å². The first-order chi connectivity index (χ1) is 5.73. The quantitative estimate of drug-likeness (QED) is 0.725. The normalized spacial score (nSPS) is 28.1. The van der Waals surface area contributed by atoms with Gasteiger partial charge in [0.2, 0.25) is 10.0 Å². The second kappa shape index (κ2) is 4.35. The van der Waals surface area contributed by atoms with Gasteiger partial charge in [-0.3, -0.25) is 0 Å². The fourth-order valence-corrected chi connectivity index (χ4v) is 2.61. The van der Waals surface area contributed by atoms with Crippen molar-refractivity contribution in [2.45, 2.75) is 26.3 Å². The molecule has 0 bridgehead atoms. The highest BCUT2D eigenvalue weighted by Gasteiger charge is 2.36. The first kappa shape index (κ1) is 14.2. The first-order valence-electron chi connectivity index (χ1n) is 4.44. The summed E-state index contributed by atoms with van der Waals surface area (Å²) in [4.78, 5) is 0. The van der Waals surface area contributed by atoms with Crippen molar-refractivity contribution in [3.8, 4) is 0 Å². The molecule has 1 heterocycles. The van der Waals surface area contributed by atoms with E-state index >= 15 is 0 Å². The van der Waals surface area contributed by atoms with Crippen LogP contribution < -0.4 is 5.73 Å². The van der Waals surface area contributed by atoms with Crippen molar-refractivity contribution in [1.82, 2.24) is 4.31 Å². The molecule has 0 spiro atoms. The minimum absolute atomic E-state index is 0. The van der Waals surface area contributed by atoms with Gasteiger partial charge in [-0.25, -0.2) is 12.7 Å². The van der Waals surface area contributed by atoms with Crippen LogP contribution in [-0.2, 0) is 10.0 Å². The van der Waals surface area contributed by atoms with Gasteiger partial charge in [-0.2, -0.15) is 0 Å². The Kier molecular flexibility index (Phi) is 4.40. The van der Waals surface area contributed by atoms with Gasteiger partial charge in [-0.1, -0.05) is 13.8 Å². The summed E-state index contributed by atoms with van der Waals surface area (Å²) in [6.45, 7) is 5.11. The summed E-state index contributed by atoms with van der Waals surface area (Å²) in [6, 6.07) is 0.102. The molecule has 1 aliphatic heterocycles. The van der Waals surface area contributed by atoms with Gasteiger partial charge in [0.25, 0.3) is 0 Å². The summed E-state index contributed by atoms with van der Waals surface area (Å²) < 4.78 is 24.0. The van der Waals surface area contributed by atoms with Crippen molar-refractivity contribution in [1.29, 1.82) is 0 Å². The van der Waals surface area contributed by atoms with Crippen LogP contribution in [0.4, 0.5) is 0 Å². The number of hydrogen-bond donors (Lipinski definition) is 1. The maximum Gasteiger partial charge on any atom is 0.211 e. The molecule has 2 N–H and O–H groups in total. The first-order valence-corrected chi connectivity index (χ1v) is 6.29. The number of nitrogens with two attached hydrogens (primary N) is 1. The molecule has 6 heteroatoms. The lowest BCUT2D eigenvalue weighted by Gasteiger charge is -2.41. The number of halogens is 1. The van der Waals surface area contributed by atoms with E-state index in [0.29, 0.717) is 13.1 Å². The average Bonchev–Trinajstić information content (AvgIpc) is 1.92. The number of nitrogens with zero attached hydrogens (tertiary/aromatic N) is 1. The molecule has 0 aromatic rings. The molecule has 0 amide bonds. The number of rotatable bonds is 1. The summed E-state index contributed by atoms with van der Waals surface area (Å²) in [5.74, 6) is 0. The summed E-state index contributed by atoms with van der Waals surface area (Å²) >= 11 is 0. The molecule has 1 rings (SSSR count). The van der Waals surface area contributed by atoms with Gasteiger partial charge in [-0.15, -0.1) is 12.4 Å². The fourth-order valence-electron chi connectivity index (χ4n) is 1.61. The summed E-state index contributed by atoms with van der Waals surface area (Å²) in [5.41, 5.74) is 5.79. The maximum absolute atomic E-state index is 11.3. The highest BCUT2D eigenvalue weighted by Crippen LogP contribution is 2.28. The van der Waals surface area contributed by atoms with E-state index in [4.69, 9.17) is 5.73 Å². The molecule has 0 aliphatic carbocycles. The lowest BCUT2D eigenvalue weighted by atomic mass is 9.81. The molecule has 1 atom stereocenters. The molecule has 0 aromatic heterocycles. The predicted molar refractivity (Wildman–Crippen MR) is 60.0 cm³/mol. The third-order valence-corrected chi connectivity index (χ3v) is 4.00. The van der Waals surface area contributed by atoms with Crippen LogP contribution in [0, 0.1) is 5.41 Å². The number of sulfonamides is 1. The van der Waals surface area contributed by atoms with Gasteiger partial charge in [-0.05, 0) is 11.8 Å². The van der Waals surface area contributed by atoms with Gasteiger partial charge in [0.15, 0.2) is 0 Å². The van der Waals surface area contributed by atoms with Crippen molar-refractivity contribution in [2.75, 3.05) is 19.3 Å². The van der Waals surface area contributed by atoms with Crippen LogP contribution in [-0.4, -0.2) is 38.1 Å². The Balaban J connectivity index is 0.00000169. The Morgan fingerprint density at radius 2 is 1.93 bits per heavy atom. The van der Waals surface area contributed by atoms with Crippen LogP contribution in [0.15, 0.2) is 0 Å². The topological polar surface area (TPSA) is 63.4 Å². The molecule has 1 unspecified atom stereocenters. The van der Waals surface area contributed by atoms with Crippen molar-refractivity contribution >= 4 is 22.4 Å². The molecule has 1 fully saturated rings. The molecule has 0 aromatic carbocycles. The van der Waals surface area contributed by atoms with Crippen molar-refractivity contribution < 1.29 is 8.42 Å². The van der Waals surface area contributed by atoms with Gasteiger partial charge in [0.1, 0.15) is 0 Å². The summed E-state index contributed by atoms with van der Waals surface area (Å²) in [6.07, 6.45) is 2.00. The van der Waals surface area contributed by atoms with Crippen LogP contribution in [0.2, 0.25) is 0 Å². The van der Waals surface area contributed by atoms with Crippen molar-refractivity contribution in [3.63, 3.8) is 0 Å². The van der Waals surface area contributed by atoms with E-state index in [1.807, 2.05) is 13.8 Å². The van der Waals surface area contributed by atoms with E-state index in [9.17, 15) is 8.42 Å². The Labute approximate surface area is 92.3 Å². The van der Waals surface area contributed by atoms with Gasteiger partial charge in [0.05, 0.1) is 6.26 Å². The van der Waals surface area contributed by atoms with E-state index in [1.165, 1.54) is 10.6 Å². The van der Waals surface area contributed by atoms with Crippen LogP contribution in [0.25, 0.3) is 0 Å². The third kappa shape index (κ3) is 3.08. The van der Waals surface area contributed by atoms with Crippen LogP contribution in [0.1, 0.15) is 20.3 Å². The zero-order chi connectivity index (χ0) is 10.3. The van der Waals surface area contributed by atoms with Crippen molar-refractivity contribution in [3.05, 3.63) is 0 Å². The molecule has 0 saturated carbocycles. The van der Waals surface area contributed by atoms with Crippen LogP contribution >= 0.6 is 12.4 Å². The SMILES string of the molecule is CC1(C)CN(S(C)(=O)=O)CCC1N.Cl. The average molecular weight is 243 g/mol. The molecule has 1 saturated heterocycles. The second-order valence-corrected chi connectivity index (χ2v) is 6.46. The number of piperidine rings is 1. The van der Waals surface area contributed by atoms with Crippen molar-refractivity contribution in [2.24, 2.45) is 11.1 Å². The smallest absolute Gasteiger partial charge is 0.211 e. The molecular formula is C8H19ClN2O2S. The number of hydrogen-bond acceptors (Lipinski definition) is 3. The highest BCUT2D eigenvalue weighted by atomic mass is 35.5. The minimum atomic E-state index is -3.04. The largest absolute Gasteiger partial charge is 0.327 e. The molecule has 0 radical (unpaired) electrons. The third-order valence-electron chi connectivity index (χ3n) is 2.75. The molecule has 4 nitrogen and oxygen atoms in total.